The lowest BCUT2D eigenvalue weighted by Gasteiger charge is -2.08. The third-order valence-corrected chi connectivity index (χ3v) is 4.19. The fraction of sp³-hybridized carbons (Fsp3) is 0.333. The Labute approximate surface area is 125 Å². The van der Waals surface area contributed by atoms with Gasteiger partial charge in [-0.25, -0.2) is 0 Å². The molecule has 0 bridgehead atoms. The molecule has 0 spiro atoms. The molecule has 0 saturated carbocycles. The van der Waals surface area contributed by atoms with E-state index in [0.29, 0.717) is 5.69 Å². The van der Waals surface area contributed by atoms with E-state index < -0.39 is 5.97 Å². The number of carbonyl (C=O) groups is 1. The summed E-state index contributed by atoms with van der Waals surface area (Å²) in [6.07, 6.45) is 2.02. The van der Waals surface area contributed by atoms with Crippen molar-refractivity contribution in [2.45, 2.75) is 32.7 Å². The summed E-state index contributed by atoms with van der Waals surface area (Å²) in [5, 5.41) is 13.6. The fourth-order valence-electron chi connectivity index (χ4n) is 2.83. The van der Waals surface area contributed by atoms with Crippen molar-refractivity contribution in [3.8, 4) is 11.1 Å². The molecule has 0 saturated heterocycles. The van der Waals surface area contributed by atoms with Crippen molar-refractivity contribution in [2.75, 3.05) is 0 Å². The maximum absolute atomic E-state index is 11.1. The van der Waals surface area contributed by atoms with E-state index in [-0.39, 0.29) is 6.42 Å². The van der Waals surface area contributed by atoms with Gasteiger partial charge in [-0.05, 0) is 43.0 Å². The summed E-state index contributed by atoms with van der Waals surface area (Å²) in [5.74, 6) is -0.837. The van der Waals surface area contributed by atoms with Crippen molar-refractivity contribution in [3.05, 3.63) is 39.6 Å². The van der Waals surface area contributed by atoms with Crippen molar-refractivity contribution in [1.82, 2.24) is 9.78 Å². The molecule has 1 aromatic heterocycles. The zero-order valence-electron chi connectivity index (χ0n) is 11.2. The van der Waals surface area contributed by atoms with E-state index in [9.17, 15) is 4.79 Å². The molecule has 5 heteroatoms. The van der Waals surface area contributed by atoms with Crippen molar-refractivity contribution < 1.29 is 9.90 Å². The highest BCUT2D eigenvalue weighted by Gasteiger charge is 2.24. The number of carboxylic acid groups (broad SMARTS) is 1. The van der Waals surface area contributed by atoms with Crippen LogP contribution < -0.4 is 0 Å². The maximum atomic E-state index is 11.1. The van der Waals surface area contributed by atoms with Gasteiger partial charge < -0.3 is 5.11 Å². The SMILES string of the molecule is Cc1ccc(Br)cc1-c1c(CC(=O)O)nn2c1CCC2. The molecule has 104 valence electrons. The molecule has 0 aliphatic carbocycles. The molecule has 2 heterocycles. The molecular formula is C15H15BrN2O2. The van der Waals surface area contributed by atoms with E-state index in [1.807, 2.05) is 23.7 Å². The zero-order chi connectivity index (χ0) is 14.3. The van der Waals surface area contributed by atoms with E-state index >= 15 is 0 Å². The van der Waals surface area contributed by atoms with E-state index in [0.717, 1.165) is 40.5 Å². The molecule has 0 amide bonds. The Balaban J connectivity index is 2.20. The molecule has 3 rings (SSSR count). The Morgan fingerprint density at radius 3 is 3.05 bits per heavy atom. The minimum Gasteiger partial charge on any atom is -0.481 e. The van der Waals surface area contributed by atoms with Crippen LogP contribution in [-0.4, -0.2) is 20.9 Å². The number of fused-ring (bicyclic) bond motifs is 1. The van der Waals surface area contributed by atoms with Crippen LogP contribution in [0.15, 0.2) is 22.7 Å². The van der Waals surface area contributed by atoms with E-state index in [4.69, 9.17) is 5.11 Å². The second-order valence-corrected chi connectivity index (χ2v) is 6.04. The second kappa shape index (κ2) is 5.05. The van der Waals surface area contributed by atoms with Gasteiger partial charge in [0.2, 0.25) is 0 Å². The molecule has 0 unspecified atom stereocenters. The van der Waals surface area contributed by atoms with E-state index in [2.05, 4.69) is 27.1 Å². The van der Waals surface area contributed by atoms with Gasteiger partial charge in [0.15, 0.2) is 0 Å². The van der Waals surface area contributed by atoms with Crippen LogP contribution in [0.25, 0.3) is 11.1 Å². The number of nitrogens with zero attached hydrogens (tertiary/aromatic N) is 2. The van der Waals surface area contributed by atoms with Gasteiger partial charge in [0.1, 0.15) is 0 Å². The summed E-state index contributed by atoms with van der Waals surface area (Å²) in [6, 6.07) is 6.10. The van der Waals surface area contributed by atoms with Crippen LogP contribution in [0.5, 0.6) is 0 Å². The lowest BCUT2D eigenvalue weighted by atomic mass is 9.96. The predicted octanol–water partition coefficient (Wildman–Crippen LogP) is 3.19. The first kappa shape index (κ1) is 13.4. The third-order valence-electron chi connectivity index (χ3n) is 3.70. The first-order valence-corrected chi connectivity index (χ1v) is 7.42. The van der Waals surface area contributed by atoms with Crippen molar-refractivity contribution in [1.29, 1.82) is 0 Å². The lowest BCUT2D eigenvalue weighted by molar-refractivity contribution is -0.136. The zero-order valence-corrected chi connectivity index (χ0v) is 12.8. The number of hydrogen-bond donors (Lipinski definition) is 1. The topological polar surface area (TPSA) is 55.1 Å². The second-order valence-electron chi connectivity index (χ2n) is 5.12. The Bertz CT molecular complexity index is 691. The van der Waals surface area contributed by atoms with Gasteiger partial charge in [-0.15, -0.1) is 0 Å². The number of carboxylic acids is 1. The molecule has 4 nitrogen and oxygen atoms in total. The Morgan fingerprint density at radius 1 is 1.50 bits per heavy atom. The normalized spacial score (nSPS) is 13.5. The number of aromatic nitrogens is 2. The predicted molar refractivity (Wildman–Crippen MR) is 79.8 cm³/mol. The maximum Gasteiger partial charge on any atom is 0.309 e. The van der Waals surface area contributed by atoms with Crippen LogP contribution in [0.1, 0.15) is 23.4 Å². The Hall–Kier alpha value is -1.62. The smallest absolute Gasteiger partial charge is 0.309 e. The third kappa shape index (κ3) is 2.26. The molecule has 1 aromatic carbocycles. The van der Waals surface area contributed by atoms with E-state index in [1.165, 1.54) is 5.69 Å². The van der Waals surface area contributed by atoms with Crippen LogP contribution in [0, 0.1) is 6.92 Å². The summed E-state index contributed by atoms with van der Waals surface area (Å²) < 4.78 is 2.96. The summed E-state index contributed by atoms with van der Waals surface area (Å²) in [7, 11) is 0. The lowest BCUT2D eigenvalue weighted by Crippen LogP contribution is -2.04. The highest BCUT2D eigenvalue weighted by atomic mass is 79.9. The van der Waals surface area contributed by atoms with Crippen molar-refractivity contribution >= 4 is 21.9 Å². The summed E-state index contributed by atoms with van der Waals surface area (Å²) >= 11 is 3.49. The Kier molecular flexibility index (Phi) is 3.38. The first-order valence-electron chi connectivity index (χ1n) is 6.63. The summed E-state index contributed by atoms with van der Waals surface area (Å²) in [5.41, 5.74) is 5.08. The van der Waals surface area contributed by atoms with Crippen molar-refractivity contribution in [3.63, 3.8) is 0 Å². The standard InChI is InChI=1S/C15H15BrN2O2/c1-9-4-5-10(16)7-11(9)15-12(8-14(19)20)17-18-6-2-3-13(15)18/h4-5,7H,2-3,6,8H2,1H3,(H,19,20). The van der Waals surface area contributed by atoms with Crippen LogP contribution in [0.3, 0.4) is 0 Å². The average molecular weight is 335 g/mol. The van der Waals surface area contributed by atoms with Crippen molar-refractivity contribution in [2.24, 2.45) is 0 Å². The van der Waals surface area contributed by atoms with Crippen LogP contribution in [0.4, 0.5) is 0 Å². The fourth-order valence-corrected chi connectivity index (χ4v) is 3.19. The number of benzene rings is 1. The summed E-state index contributed by atoms with van der Waals surface area (Å²) in [4.78, 5) is 11.1. The van der Waals surface area contributed by atoms with Gasteiger partial charge in [0.25, 0.3) is 0 Å². The quantitative estimate of drug-likeness (QED) is 0.937. The van der Waals surface area contributed by atoms with Gasteiger partial charge >= 0.3 is 5.97 Å². The molecular weight excluding hydrogens is 320 g/mol. The highest BCUT2D eigenvalue weighted by molar-refractivity contribution is 9.10. The van der Waals surface area contributed by atoms with Gasteiger partial charge in [0.05, 0.1) is 12.1 Å². The monoisotopic (exact) mass is 334 g/mol. The van der Waals surface area contributed by atoms with Gasteiger partial charge in [0, 0.05) is 22.3 Å². The first-order chi connectivity index (χ1) is 9.56. The average Bonchev–Trinajstić information content (AvgIpc) is 2.92. The van der Waals surface area contributed by atoms with Gasteiger partial charge in [-0.1, -0.05) is 22.0 Å². The Morgan fingerprint density at radius 2 is 2.30 bits per heavy atom. The number of halogens is 1. The number of hydrogen-bond acceptors (Lipinski definition) is 2. The van der Waals surface area contributed by atoms with Gasteiger partial charge in [-0.2, -0.15) is 5.10 Å². The molecule has 1 N–H and O–H groups in total. The van der Waals surface area contributed by atoms with E-state index in [1.54, 1.807) is 0 Å². The highest BCUT2D eigenvalue weighted by Crippen LogP contribution is 2.35. The molecule has 20 heavy (non-hydrogen) atoms. The van der Waals surface area contributed by atoms with Crippen LogP contribution in [0.2, 0.25) is 0 Å². The number of aliphatic carboxylic acids is 1. The molecule has 0 fully saturated rings. The molecule has 0 atom stereocenters. The molecule has 1 aliphatic heterocycles. The minimum absolute atomic E-state index is 0.0265. The molecule has 1 aliphatic rings. The summed E-state index contributed by atoms with van der Waals surface area (Å²) in [6.45, 7) is 2.93. The number of aryl methyl sites for hydroxylation is 2. The molecule has 2 aromatic rings. The minimum atomic E-state index is -0.837. The van der Waals surface area contributed by atoms with Gasteiger partial charge in [-0.3, -0.25) is 9.48 Å². The van der Waals surface area contributed by atoms with Crippen LogP contribution in [-0.2, 0) is 24.2 Å². The van der Waals surface area contributed by atoms with Crippen LogP contribution >= 0.6 is 15.9 Å². The largest absolute Gasteiger partial charge is 0.481 e. The number of rotatable bonds is 3. The molecule has 0 radical (unpaired) electrons.